The fourth-order valence-corrected chi connectivity index (χ4v) is 3.93. The van der Waals surface area contributed by atoms with Gasteiger partial charge in [-0.2, -0.15) is 0 Å². The molecular weight excluding hydrogens is 296 g/mol. The predicted octanol–water partition coefficient (Wildman–Crippen LogP) is 4.93. The van der Waals surface area contributed by atoms with Crippen LogP contribution in [-0.2, 0) is 14.9 Å². The van der Waals surface area contributed by atoms with E-state index in [2.05, 4.69) is 64.1 Å². The Morgan fingerprint density at radius 3 is 1.88 bits per heavy atom. The number of rotatable bonds is 2. The second-order valence-electron chi connectivity index (χ2n) is 7.15. The zero-order valence-electron chi connectivity index (χ0n) is 15.3. The van der Waals surface area contributed by atoms with Gasteiger partial charge in [-0.15, -0.1) is 0 Å². The average molecular weight is 322 g/mol. The highest BCUT2D eigenvalue weighted by Crippen LogP contribution is 2.45. The van der Waals surface area contributed by atoms with Gasteiger partial charge in [0.05, 0.1) is 6.10 Å². The summed E-state index contributed by atoms with van der Waals surface area (Å²) in [5.74, 6) is -0.108. The summed E-state index contributed by atoms with van der Waals surface area (Å²) in [6.45, 7) is 10.4. The average Bonchev–Trinajstić information content (AvgIpc) is 2.54. The van der Waals surface area contributed by atoms with Crippen molar-refractivity contribution in [3.05, 3.63) is 69.8 Å². The Kier molecular flexibility index (Phi) is 4.25. The van der Waals surface area contributed by atoms with E-state index in [1.165, 1.54) is 22.3 Å². The molecule has 1 unspecified atom stereocenters. The second-order valence-corrected chi connectivity index (χ2v) is 7.15. The van der Waals surface area contributed by atoms with E-state index in [0.29, 0.717) is 0 Å². The first-order valence-corrected chi connectivity index (χ1v) is 8.72. The van der Waals surface area contributed by atoms with Crippen LogP contribution in [0.2, 0.25) is 0 Å². The summed E-state index contributed by atoms with van der Waals surface area (Å²) in [6.07, 6.45) is 1.66. The van der Waals surface area contributed by atoms with E-state index in [9.17, 15) is 4.79 Å². The standard InChI is InChI=1S/C22H26O2/c1-14-8-6-10-19(17(14)4)22(13-12-16(3)24-21(22)23)20-11-7-9-15(2)18(20)5/h6-11,16H,12-13H2,1-5H3. The van der Waals surface area contributed by atoms with E-state index in [0.717, 1.165) is 24.0 Å². The van der Waals surface area contributed by atoms with E-state index in [1.54, 1.807) is 0 Å². The Hall–Kier alpha value is -2.09. The van der Waals surface area contributed by atoms with Gasteiger partial charge in [-0.05, 0) is 80.8 Å². The molecule has 2 heteroatoms. The monoisotopic (exact) mass is 322 g/mol. The van der Waals surface area contributed by atoms with E-state index in [1.807, 2.05) is 6.92 Å². The quantitative estimate of drug-likeness (QED) is 0.733. The van der Waals surface area contributed by atoms with E-state index in [4.69, 9.17) is 4.74 Å². The molecule has 0 aromatic heterocycles. The third kappa shape index (κ3) is 2.45. The molecule has 3 rings (SSSR count). The van der Waals surface area contributed by atoms with Gasteiger partial charge < -0.3 is 4.74 Å². The van der Waals surface area contributed by atoms with Crippen molar-refractivity contribution in [2.45, 2.75) is 59.0 Å². The smallest absolute Gasteiger partial charge is 0.321 e. The minimum Gasteiger partial charge on any atom is -0.462 e. The van der Waals surface area contributed by atoms with Crippen molar-refractivity contribution < 1.29 is 9.53 Å². The van der Waals surface area contributed by atoms with Gasteiger partial charge in [0.2, 0.25) is 0 Å². The lowest BCUT2D eigenvalue weighted by molar-refractivity contribution is -0.159. The maximum Gasteiger partial charge on any atom is 0.321 e. The molecule has 1 fully saturated rings. The van der Waals surface area contributed by atoms with Crippen molar-refractivity contribution in [2.24, 2.45) is 0 Å². The van der Waals surface area contributed by atoms with Crippen molar-refractivity contribution in [2.75, 3.05) is 0 Å². The maximum atomic E-state index is 13.2. The first-order valence-electron chi connectivity index (χ1n) is 8.72. The molecule has 0 saturated carbocycles. The second kappa shape index (κ2) is 6.08. The van der Waals surface area contributed by atoms with Gasteiger partial charge in [0.25, 0.3) is 0 Å². The topological polar surface area (TPSA) is 26.3 Å². The van der Waals surface area contributed by atoms with Crippen LogP contribution in [0.15, 0.2) is 36.4 Å². The highest BCUT2D eigenvalue weighted by atomic mass is 16.5. The third-order valence-corrected chi connectivity index (χ3v) is 5.71. The fraction of sp³-hybridized carbons (Fsp3) is 0.409. The molecule has 0 spiro atoms. The third-order valence-electron chi connectivity index (χ3n) is 5.71. The van der Waals surface area contributed by atoms with Crippen molar-refractivity contribution in [1.82, 2.24) is 0 Å². The molecule has 2 aromatic carbocycles. The van der Waals surface area contributed by atoms with Crippen LogP contribution in [0.3, 0.4) is 0 Å². The summed E-state index contributed by atoms with van der Waals surface area (Å²) >= 11 is 0. The zero-order valence-corrected chi connectivity index (χ0v) is 15.3. The minimum atomic E-state index is -0.696. The molecule has 1 heterocycles. The van der Waals surface area contributed by atoms with Crippen LogP contribution in [0, 0.1) is 27.7 Å². The number of carbonyl (C=O) groups excluding carboxylic acids is 1. The maximum absolute atomic E-state index is 13.2. The number of esters is 1. The van der Waals surface area contributed by atoms with E-state index < -0.39 is 5.41 Å². The molecule has 1 saturated heterocycles. The summed E-state index contributed by atoms with van der Waals surface area (Å²) in [7, 11) is 0. The van der Waals surface area contributed by atoms with Crippen molar-refractivity contribution in [3.8, 4) is 0 Å². The lowest BCUT2D eigenvalue weighted by Gasteiger charge is -2.40. The number of carbonyl (C=O) groups is 1. The van der Waals surface area contributed by atoms with Gasteiger partial charge >= 0.3 is 5.97 Å². The first-order chi connectivity index (χ1) is 11.4. The van der Waals surface area contributed by atoms with Crippen LogP contribution in [0.1, 0.15) is 53.1 Å². The molecule has 1 aliphatic rings. The van der Waals surface area contributed by atoms with Crippen LogP contribution >= 0.6 is 0 Å². The van der Waals surface area contributed by atoms with Crippen LogP contribution in [0.5, 0.6) is 0 Å². The number of benzene rings is 2. The molecule has 0 radical (unpaired) electrons. The SMILES string of the molecule is Cc1cccc(C2(c3cccc(C)c3C)CCC(C)OC2=O)c1C. The number of hydrogen-bond acceptors (Lipinski definition) is 2. The Bertz CT molecular complexity index is 737. The van der Waals surface area contributed by atoms with Crippen LogP contribution < -0.4 is 0 Å². The molecule has 24 heavy (non-hydrogen) atoms. The van der Waals surface area contributed by atoms with Crippen LogP contribution in [0.4, 0.5) is 0 Å². The lowest BCUT2D eigenvalue weighted by Crippen LogP contribution is -2.45. The normalized spacial score (nSPS) is 19.9. The van der Waals surface area contributed by atoms with Gasteiger partial charge in [-0.1, -0.05) is 36.4 Å². The number of hydrogen-bond donors (Lipinski definition) is 0. The molecule has 0 bridgehead atoms. The molecule has 0 N–H and O–H groups in total. The van der Waals surface area contributed by atoms with Gasteiger partial charge in [0.1, 0.15) is 5.41 Å². The summed E-state index contributed by atoms with van der Waals surface area (Å²) < 4.78 is 5.76. The van der Waals surface area contributed by atoms with Gasteiger partial charge in [-0.3, -0.25) is 4.79 Å². The first kappa shape index (κ1) is 16.8. The molecule has 0 amide bonds. The minimum absolute atomic E-state index is 0.0131. The van der Waals surface area contributed by atoms with Crippen molar-refractivity contribution in [3.63, 3.8) is 0 Å². The summed E-state index contributed by atoms with van der Waals surface area (Å²) in [5, 5.41) is 0. The number of aryl methyl sites for hydroxylation is 2. The Morgan fingerprint density at radius 1 is 0.917 bits per heavy atom. The summed E-state index contributed by atoms with van der Waals surface area (Å²) in [6, 6.07) is 12.5. The Balaban J connectivity index is 2.32. The molecule has 0 aliphatic carbocycles. The summed E-state index contributed by atoms with van der Waals surface area (Å²) in [5.41, 5.74) is 6.28. The van der Waals surface area contributed by atoms with Gasteiger partial charge in [0.15, 0.2) is 0 Å². The van der Waals surface area contributed by atoms with Crippen LogP contribution in [0.25, 0.3) is 0 Å². The summed E-state index contributed by atoms with van der Waals surface area (Å²) in [4.78, 5) is 13.2. The van der Waals surface area contributed by atoms with Gasteiger partial charge in [-0.25, -0.2) is 0 Å². The van der Waals surface area contributed by atoms with Gasteiger partial charge in [0, 0.05) is 0 Å². The highest BCUT2D eigenvalue weighted by molar-refractivity contribution is 5.89. The van der Waals surface area contributed by atoms with Crippen molar-refractivity contribution in [1.29, 1.82) is 0 Å². The largest absolute Gasteiger partial charge is 0.462 e. The number of cyclic esters (lactones) is 1. The van der Waals surface area contributed by atoms with Crippen LogP contribution in [-0.4, -0.2) is 12.1 Å². The Morgan fingerprint density at radius 2 is 1.42 bits per heavy atom. The number of ether oxygens (including phenoxy) is 1. The molecular formula is C22H26O2. The molecule has 1 atom stereocenters. The highest BCUT2D eigenvalue weighted by Gasteiger charge is 2.48. The molecule has 126 valence electrons. The Labute approximate surface area is 144 Å². The predicted molar refractivity (Wildman–Crippen MR) is 97.4 cm³/mol. The molecule has 2 aromatic rings. The van der Waals surface area contributed by atoms with Crippen molar-refractivity contribution >= 4 is 5.97 Å². The molecule has 1 aliphatic heterocycles. The molecule has 2 nitrogen and oxygen atoms in total. The van der Waals surface area contributed by atoms with E-state index >= 15 is 0 Å². The van der Waals surface area contributed by atoms with E-state index in [-0.39, 0.29) is 12.1 Å². The lowest BCUT2D eigenvalue weighted by atomic mass is 9.66. The fourth-order valence-electron chi connectivity index (χ4n) is 3.93. The zero-order chi connectivity index (χ0) is 17.5.